The number of amides is 2. The third kappa shape index (κ3) is 5.33. The number of carboxylic acid groups (broad SMARTS) is 1. The molecule has 176 valence electrons. The molecule has 0 unspecified atom stereocenters. The topological polar surface area (TPSA) is 108 Å². The minimum Gasteiger partial charge on any atom is -0.483 e. The number of carbonyl (C=O) groups is 3. The van der Waals surface area contributed by atoms with Gasteiger partial charge in [0.05, 0.1) is 22.5 Å². The lowest BCUT2D eigenvalue weighted by Crippen LogP contribution is -2.39. The Morgan fingerprint density at radius 2 is 1.82 bits per heavy atom. The Bertz CT molecular complexity index is 1150. The Morgan fingerprint density at radius 1 is 1.12 bits per heavy atom. The molecule has 1 fully saturated rings. The maximum absolute atomic E-state index is 13.1. The second-order valence-corrected chi connectivity index (χ2v) is 8.44. The van der Waals surface area contributed by atoms with Gasteiger partial charge in [0, 0.05) is 11.6 Å². The fourth-order valence-corrected chi connectivity index (χ4v) is 4.15. The van der Waals surface area contributed by atoms with Gasteiger partial charge in [0.2, 0.25) is 0 Å². The number of benzene rings is 2. The molecular weight excluding hydrogens is 434 g/mol. The molecule has 2 aliphatic rings. The molecule has 0 radical (unpaired) electrons. The van der Waals surface area contributed by atoms with Crippen molar-refractivity contribution in [1.29, 1.82) is 0 Å². The van der Waals surface area contributed by atoms with Crippen LogP contribution in [0.3, 0.4) is 0 Å². The van der Waals surface area contributed by atoms with Crippen LogP contribution in [0.2, 0.25) is 0 Å². The first-order valence-corrected chi connectivity index (χ1v) is 11.4. The maximum atomic E-state index is 13.1. The highest BCUT2D eigenvalue weighted by Gasteiger charge is 2.29. The molecule has 2 N–H and O–H groups in total. The van der Waals surface area contributed by atoms with Crippen molar-refractivity contribution < 1.29 is 24.2 Å². The van der Waals surface area contributed by atoms with Gasteiger partial charge < -0.3 is 15.2 Å². The Balaban J connectivity index is 1.46. The fourth-order valence-electron chi connectivity index (χ4n) is 4.15. The van der Waals surface area contributed by atoms with Gasteiger partial charge in [0.1, 0.15) is 5.75 Å². The fraction of sp³-hybridized carbons (Fsp3) is 0.308. The van der Waals surface area contributed by atoms with Crippen LogP contribution in [-0.2, 0) is 9.59 Å². The molecule has 8 heteroatoms. The van der Waals surface area contributed by atoms with Gasteiger partial charge in [-0.3, -0.25) is 9.59 Å². The third-order valence-electron chi connectivity index (χ3n) is 5.97. The van der Waals surface area contributed by atoms with E-state index in [4.69, 9.17) is 9.84 Å². The summed E-state index contributed by atoms with van der Waals surface area (Å²) in [5.74, 6) is -1.02. The number of nitrogens with zero attached hydrogens (tertiary/aromatic N) is 2. The average Bonchev–Trinajstić information content (AvgIpc) is 3.12. The summed E-state index contributed by atoms with van der Waals surface area (Å²) in [6.45, 7) is 1.64. The molecule has 0 spiro atoms. The van der Waals surface area contributed by atoms with Crippen LogP contribution in [0.15, 0.2) is 59.2 Å². The second-order valence-electron chi connectivity index (χ2n) is 8.44. The number of para-hydroxylation sites is 1. The number of rotatable bonds is 7. The molecule has 0 saturated heterocycles. The van der Waals surface area contributed by atoms with Gasteiger partial charge in [-0.25, -0.2) is 4.79 Å². The van der Waals surface area contributed by atoms with E-state index in [1.165, 1.54) is 23.6 Å². The largest absolute Gasteiger partial charge is 0.483 e. The van der Waals surface area contributed by atoms with Crippen LogP contribution in [0.1, 0.15) is 54.9 Å². The first kappa shape index (κ1) is 23.2. The van der Waals surface area contributed by atoms with Crippen molar-refractivity contribution in [3.05, 3.63) is 65.2 Å². The number of ether oxygens (including phenoxy) is 1. The van der Waals surface area contributed by atoms with E-state index in [9.17, 15) is 14.4 Å². The predicted molar refractivity (Wildman–Crippen MR) is 129 cm³/mol. The Morgan fingerprint density at radius 3 is 2.53 bits per heavy atom. The molecule has 2 aromatic carbocycles. The maximum Gasteiger partial charge on any atom is 0.335 e. The molecule has 4 rings (SSSR count). The quantitative estimate of drug-likeness (QED) is 0.606. The van der Waals surface area contributed by atoms with Crippen molar-refractivity contribution in [3.8, 4) is 5.75 Å². The molecule has 0 aromatic heterocycles. The summed E-state index contributed by atoms with van der Waals surface area (Å²) in [5.41, 5.74) is 2.18. The molecule has 2 aromatic rings. The van der Waals surface area contributed by atoms with Crippen molar-refractivity contribution in [2.75, 3.05) is 11.6 Å². The zero-order chi connectivity index (χ0) is 24.1. The predicted octanol–water partition coefficient (Wildman–Crippen LogP) is 4.02. The van der Waals surface area contributed by atoms with E-state index in [1.807, 2.05) is 18.2 Å². The average molecular weight is 462 g/mol. The van der Waals surface area contributed by atoms with E-state index in [1.54, 1.807) is 31.2 Å². The number of hydrogen-bond donors (Lipinski definition) is 2. The van der Waals surface area contributed by atoms with E-state index in [0.717, 1.165) is 25.7 Å². The lowest BCUT2D eigenvalue weighted by molar-refractivity contribution is -0.124. The minimum absolute atomic E-state index is 0.0975. The zero-order valence-electron chi connectivity index (χ0n) is 19.0. The molecule has 34 heavy (non-hydrogen) atoms. The number of anilines is 1. The summed E-state index contributed by atoms with van der Waals surface area (Å²) >= 11 is 0. The van der Waals surface area contributed by atoms with Gasteiger partial charge in [-0.1, -0.05) is 37.5 Å². The molecule has 8 nitrogen and oxygen atoms in total. The first-order valence-electron chi connectivity index (χ1n) is 11.4. The van der Waals surface area contributed by atoms with Crippen LogP contribution < -0.4 is 15.1 Å². The molecule has 1 heterocycles. The van der Waals surface area contributed by atoms with Crippen molar-refractivity contribution in [3.63, 3.8) is 0 Å². The van der Waals surface area contributed by atoms with Crippen LogP contribution in [-0.4, -0.2) is 41.3 Å². The van der Waals surface area contributed by atoms with Crippen molar-refractivity contribution >= 4 is 35.3 Å². The van der Waals surface area contributed by atoms with Gasteiger partial charge >= 0.3 is 5.97 Å². The van der Waals surface area contributed by atoms with E-state index < -0.39 is 5.97 Å². The van der Waals surface area contributed by atoms with Gasteiger partial charge in [-0.2, -0.15) is 10.1 Å². The summed E-state index contributed by atoms with van der Waals surface area (Å²) in [4.78, 5) is 36.5. The van der Waals surface area contributed by atoms with Crippen molar-refractivity contribution in [2.45, 2.75) is 45.1 Å². The lowest BCUT2D eigenvalue weighted by atomic mass is 9.95. The number of carboxylic acids is 1. The van der Waals surface area contributed by atoms with Crippen LogP contribution in [0.25, 0.3) is 6.08 Å². The molecule has 0 atom stereocenters. The van der Waals surface area contributed by atoms with E-state index in [2.05, 4.69) is 10.4 Å². The number of hydrazone groups is 1. The SMILES string of the molecule is CC1=NN(c2ccc(C(=O)O)cc2)C(=O)/C1=C/c1ccccc1OCC(=O)NC1CCCCC1. The second kappa shape index (κ2) is 10.3. The number of carbonyl (C=O) groups excluding carboxylic acids is 2. The summed E-state index contributed by atoms with van der Waals surface area (Å²) in [7, 11) is 0. The molecule has 1 saturated carbocycles. The van der Waals surface area contributed by atoms with Gasteiger partial charge in [-0.05, 0) is 56.2 Å². The zero-order valence-corrected chi connectivity index (χ0v) is 19.0. The summed E-state index contributed by atoms with van der Waals surface area (Å²) in [6.07, 6.45) is 7.20. The number of nitrogens with one attached hydrogen (secondary N) is 1. The summed E-state index contributed by atoms with van der Waals surface area (Å²) in [5, 5.41) is 17.7. The normalized spacial score (nSPS) is 17.6. The third-order valence-corrected chi connectivity index (χ3v) is 5.97. The van der Waals surface area contributed by atoms with Crippen LogP contribution in [0, 0.1) is 0 Å². The summed E-state index contributed by atoms with van der Waals surface area (Å²) < 4.78 is 5.79. The Kier molecular flexibility index (Phi) is 7.06. The minimum atomic E-state index is -1.04. The molecule has 2 amide bonds. The van der Waals surface area contributed by atoms with Crippen LogP contribution in [0.5, 0.6) is 5.75 Å². The summed E-state index contributed by atoms with van der Waals surface area (Å²) in [6, 6.07) is 13.4. The van der Waals surface area contributed by atoms with Crippen LogP contribution >= 0.6 is 0 Å². The standard InChI is InChI=1S/C26H27N3O5/c1-17-22(25(31)29(28-17)21-13-11-18(12-14-21)26(32)33)15-19-7-5-6-10-23(19)34-16-24(30)27-20-8-3-2-4-9-20/h5-7,10-15,20H,2-4,8-9,16H2,1H3,(H,27,30)(H,32,33)/b22-15+. The van der Waals surface area contributed by atoms with E-state index >= 15 is 0 Å². The Labute approximate surface area is 197 Å². The molecule has 1 aliphatic carbocycles. The molecule has 1 aliphatic heterocycles. The lowest BCUT2D eigenvalue weighted by Gasteiger charge is -2.22. The van der Waals surface area contributed by atoms with Gasteiger partial charge in [0.25, 0.3) is 11.8 Å². The smallest absolute Gasteiger partial charge is 0.335 e. The number of aromatic carboxylic acids is 1. The van der Waals surface area contributed by atoms with Gasteiger partial charge in [0.15, 0.2) is 6.61 Å². The number of hydrogen-bond acceptors (Lipinski definition) is 5. The molecule has 0 bridgehead atoms. The molecular formula is C26H27N3O5. The van der Waals surface area contributed by atoms with Crippen LogP contribution in [0.4, 0.5) is 5.69 Å². The highest BCUT2D eigenvalue weighted by molar-refractivity contribution is 6.32. The highest BCUT2D eigenvalue weighted by atomic mass is 16.5. The highest BCUT2D eigenvalue weighted by Crippen LogP contribution is 2.28. The monoisotopic (exact) mass is 461 g/mol. The van der Waals surface area contributed by atoms with E-state index in [-0.39, 0.29) is 30.0 Å². The van der Waals surface area contributed by atoms with Crippen molar-refractivity contribution in [1.82, 2.24) is 5.32 Å². The first-order chi connectivity index (χ1) is 16.4. The van der Waals surface area contributed by atoms with Crippen molar-refractivity contribution in [2.24, 2.45) is 5.10 Å². The van der Waals surface area contributed by atoms with Gasteiger partial charge in [-0.15, -0.1) is 0 Å². The van der Waals surface area contributed by atoms with E-state index in [0.29, 0.717) is 28.3 Å². The Hall–Kier alpha value is -3.94.